The summed E-state index contributed by atoms with van der Waals surface area (Å²) in [4.78, 5) is 52.7. The Morgan fingerprint density at radius 1 is 0.591 bits per heavy atom. The van der Waals surface area contributed by atoms with Gasteiger partial charge in [0.25, 0.3) is 11.8 Å². The maximum absolute atomic E-state index is 12.6. The van der Waals surface area contributed by atoms with E-state index in [9.17, 15) is 19.2 Å². The molecule has 0 aliphatic carbocycles. The number of anilines is 2. The van der Waals surface area contributed by atoms with E-state index in [1.54, 1.807) is 28.4 Å². The van der Waals surface area contributed by atoms with Crippen LogP contribution in [0.5, 0.6) is 23.0 Å². The van der Waals surface area contributed by atoms with Gasteiger partial charge in [-0.05, 0) is 101 Å². The van der Waals surface area contributed by atoms with Crippen LogP contribution in [0, 0.1) is 25.7 Å². The molecule has 2 aromatic carbocycles. The van der Waals surface area contributed by atoms with Gasteiger partial charge >= 0.3 is 0 Å². The van der Waals surface area contributed by atoms with Gasteiger partial charge in [0.05, 0.1) is 40.5 Å². The number of piperidine rings is 2. The van der Waals surface area contributed by atoms with E-state index in [0.717, 1.165) is 62.7 Å². The number of nitrogens with zero attached hydrogens (tertiary/aromatic N) is 6. The predicted molar refractivity (Wildman–Crippen MR) is 251 cm³/mol. The molecule has 352 valence electrons. The van der Waals surface area contributed by atoms with Crippen LogP contribution >= 0.6 is 0 Å². The third kappa shape index (κ3) is 9.00. The molecule has 66 heavy (non-hydrogen) atoms. The van der Waals surface area contributed by atoms with E-state index in [1.807, 2.05) is 57.3 Å². The molecule has 2 aromatic heterocycles. The Morgan fingerprint density at radius 2 is 0.909 bits per heavy atom. The van der Waals surface area contributed by atoms with Crippen molar-refractivity contribution in [1.82, 2.24) is 29.4 Å². The number of nitrogens with one attached hydrogen (secondary N) is 2. The van der Waals surface area contributed by atoms with Crippen molar-refractivity contribution < 1.29 is 38.1 Å². The van der Waals surface area contributed by atoms with Crippen LogP contribution in [0.4, 0.5) is 11.6 Å². The second-order valence-corrected chi connectivity index (χ2v) is 17.1. The van der Waals surface area contributed by atoms with Gasteiger partial charge in [-0.1, -0.05) is 13.2 Å². The topological polar surface area (TPSA) is 223 Å². The molecule has 6 heterocycles. The first-order valence-electron chi connectivity index (χ1n) is 22.4. The highest BCUT2D eigenvalue weighted by molar-refractivity contribution is 6.05. The average molecular weight is 907 g/mol. The summed E-state index contributed by atoms with van der Waals surface area (Å²) in [5, 5.41) is 16.5. The van der Waals surface area contributed by atoms with Crippen molar-refractivity contribution in [1.29, 1.82) is 0 Å². The van der Waals surface area contributed by atoms with Crippen LogP contribution < -0.4 is 41.0 Å². The molecule has 2 atom stereocenters. The molecule has 0 saturated carbocycles. The minimum absolute atomic E-state index is 0.0286. The Morgan fingerprint density at radius 3 is 1.18 bits per heavy atom. The fourth-order valence-electron chi connectivity index (χ4n) is 10.1. The van der Waals surface area contributed by atoms with E-state index in [1.165, 1.54) is 12.2 Å². The Hall–Kier alpha value is -6.98. The molecule has 18 nitrogen and oxygen atoms in total. The highest BCUT2D eigenvalue weighted by Gasteiger charge is 2.38. The first-order valence-corrected chi connectivity index (χ1v) is 22.4. The molecule has 2 fully saturated rings. The number of nitrogens with two attached hydrogens (primary N) is 2. The smallest absolute Gasteiger partial charge is 0.254 e. The normalized spacial score (nSPS) is 18.3. The van der Waals surface area contributed by atoms with Crippen molar-refractivity contribution in [3.8, 4) is 45.5 Å². The summed E-state index contributed by atoms with van der Waals surface area (Å²) >= 11 is 0. The Balaban J connectivity index is 0.000000196. The van der Waals surface area contributed by atoms with E-state index < -0.39 is 11.8 Å². The molecule has 0 spiro atoms. The zero-order chi connectivity index (χ0) is 47.4. The second-order valence-electron chi connectivity index (χ2n) is 17.1. The summed E-state index contributed by atoms with van der Waals surface area (Å²) in [6, 6.07) is 7.65. The van der Waals surface area contributed by atoms with Crippen LogP contribution in [-0.2, 0) is 9.59 Å². The maximum atomic E-state index is 12.6. The van der Waals surface area contributed by atoms with E-state index in [2.05, 4.69) is 23.8 Å². The summed E-state index contributed by atoms with van der Waals surface area (Å²) in [5.74, 6) is 3.44. The van der Waals surface area contributed by atoms with Gasteiger partial charge in [0.15, 0.2) is 0 Å². The van der Waals surface area contributed by atoms with Gasteiger partial charge in [-0.3, -0.25) is 19.2 Å². The first-order chi connectivity index (χ1) is 31.8. The van der Waals surface area contributed by atoms with Gasteiger partial charge < -0.3 is 50.8 Å². The van der Waals surface area contributed by atoms with Crippen LogP contribution in [0.1, 0.15) is 82.5 Å². The van der Waals surface area contributed by atoms with Gasteiger partial charge in [0.1, 0.15) is 57.1 Å². The monoisotopic (exact) mass is 906 g/mol. The minimum Gasteiger partial charge on any atom is -0.496 e. The number of methoxy groups -OCH3 is 4. The number of ether oxygens (including phenoxy) is 4. The summed E-state index contributed by atoms with van der Waals surface area (Å²) in [7, 11) is 6.39. The number of amides is 4. The number of fused-ring (bicyclic) bond motifs is 2. The minimum atomic E-state index is -0.538. The lowest BCUT2D eigenvalue weighted by molar-refractivity contribution is -0.128. The Bertz CT molecular complexity index is 2290. The Labute approximate surface area is 385 Å². The van der Waals surface area contributed by atoms with Crippen molar-refractivity contribution in [2.75, 3.05) is 78.3 Å². The maximum Gasteiger partial charge on any atom is 0.254 e. The average Bonchev–Trinajstić information content (AvgIpc) is 3.94. The van der Waals surface area contributed by atoms with E-state index in [-0.39, 0.29) is 23.9 Å². The van der Waals surface area contributed by atoms with Crippen molar-refractivity contribution >= 4 is 35.3 Å². The molecule has 2 saturated heterocycles. The number of carbonyl (C=O) groups excluding carboxylic acids is 4. The van der Waals surface area contributed by atoms with Crippen LogP contribution in [0.25, 0.3) is 22.5 Å². The number of benzene rings is 2. The third-order valence-electron chi connectivity index (χ3n) is 13.6. The second kappa shape index (κ2) is 20.0. The molecule has 0 bridgehead atoms. The van der Waals surface area contributed by atoms with Gasteiger partial charge in [-0.2, -0.15) is 10.2 Å². The number of carbonyl (C=O) groups is 4. The number of aromatic nitrogens is 4. The zero-order valence-electron chi connectivity index (χ0n) is 38.8. The number of rotatable bonds is 12. The molecule has 4 aromatic rings. The number of likely N-dealkylation sites (tertiary alicyclic amines) is 2. The van der Waals surface area contributed by atoms with Crippen LogP contribution in [0.2, 0.25) is 0 Å². The largest absolute Gasteiger partial charge is 0.496 e. The molecule has 8 rings (SSSR count). The van der Waals surface area contributed by atoms with E-state index in [0.29, 0.717) is 106 Å². The lowest BCUT2D eigenvalue weighted by atomic mass is 9.87. The fraction of sp³-hybridized carbons (Fsp3) is 0.458. The SMILES string of the molecule is C=CC(=O)N1CCC(C2CCNc3c(C(N)=O)c(-c4cc(OC)c(C)c(OC)c4)nn32)CC1.C=CC(=O)N1CCC(C2CCNc3c(C(N)=O)c(-c4cc(OC)c(C)c(OC)c4)nn32)CC1. The third-order valence-corrected chi connectivity index (χ3v) is 13.6. The Kier molecular flexibility index (Phi) is 14.3. The van der Waals surface area contributed by atoms with Crippen LogP contribution in [-0.4, -0.2) is 121 Å². The molecule has 4 amide bonds. The number of hydrogen-bond acceptors (Lipinski definition) is 12. The van der Waals surface area contributed by atoms with Crippen molar-refractivity contribution in [2.24, 2.45) is 23.3 Å². The van der Waals surface area contributed by atoms with Gasteiger partial charge in [0, 0.05) is 61.5 Å². The molecule has 4 aliphatic heterocycles. The predicted octanol–water partition coefficient (Wildman–Crippen LogP) is 5.51. The molecule has 6 N–H and O–H groups in total. The first kappa shape index (κ1) is 47.0. The molecule has 4 aliphatic rings. The highest BCUT2D eigenvalue weighted by atomic mass is 16.5. The van der Waals surface area contributed by atoms with Crippen molar-refractivity contribution in [2.45, 2.75) is 64.5 Å². The van der Waals surface area contributed by atoms with Crippen LogP contribution in [0.3, 0.4) is 0 Å². The van der Waals surface area contributed by atoms with Crippen LogP contribution in [0.15, 0.2) is 49.6 Å². The summed E-state index contributed by atoms with van der Waals surface area (Å²) in [6.07, 6.45) is 7.99. The summed E-state index contributed by atoms with van der Waals surface area (Å²) < 4.78 is 25.9. The van der Waals surface area contributed by atoms with Crippen molar-refractivity contribution in [3.05, 3.63) is 71.8 Å². The number of primary amides is 2. The molecule has 0 radical (unpaired) electrons. The summed E-state index contributed by atoms with van der Waals surface area (Å²) in [5.41, 5.74) is 16.6. The number of hydrogen-bond donors (Lipinski definition) is 4. The molecule has 2 unspecified atom stereocenters. The van der Waals surface area contributed by atoms with Gasteiger partial charge in [-0.25, -0.2) is 9.36 Å². The lowest BCUT2D eigenvalue weighted by Crippen LogP contribution is -2.41. The molecular weight excluding hydrogens is 845 g/mol. The van der Waals surface area contributed by atoms with Crippen molar-refractivity contribution in [3.63, 3.8) is 0 Å². The van der Waals surface area contributed by atoms with E-state index >= 15 is 0 Å². The van der Waals surface area contributed by atoms with Gasteiger partial charge in [0.2, 0.25) is 11.8 Å². The molecular formula is C48H62N10O8. The molecule has 18 heteroatoms. The quantitative estimate of drug-likeness (QED) is 0.129. The lowest BCUT2D eigenvalue weighted by Gasteiger charge is -2.38. The van der Waals surface area contributed by atoms with E-state index in [4.69, 9.17) is 40.6 Å². The summed E-state index contributed by atoms with van der Waals surface area (Å²) in [6.45, 7) is 15.2. The zero-order valence-corrected chi connectivity index (χ0v) is 38.8. The van der Waals surface area contributed by atoms with Gasteiger partial charge in [-0.15, -0.1) is 0 Å². The highest BCUT2D eigenvalue weighted by Crippen LogP contribution is 2.44. The fourth-order valence-corrected chi connectivity index (χ4v) is 10.1. The standard InChI is InChI=1S/2C24H31N5O4/c2*1-5-20(30)28-10-7-15(8-11-28)17-6-9-26-24-21(23(25)31)22(27-29(17)24)16-12-18(32-3)14(2)19(13-16)33-4/h2*5,12-13,15,17,26H,1,6-11H2,2-4H3,(H2,25,31).